The van der Waals surface area contributed by atoms with E-state index in [0.717, 1.165) is 18.9 Å². The summed E-state index contributed by atoms with van der Waals surface area (Å²) >= 11 is 0. The zero-order valence-electron chi connectivity index (χ0n) is 16.6. The Bertz CT molecular complexity index is 385. The number of hydrogen-bond donors (Lipinski definition) is 1. The molecule has 0 spiro atoms. The first-order valence-electron chi connectivity index (χ1n) is 9.50. The highest BCUT2D eigenvalue weighted by molar-refractivity contribution is 5.14. The van der Waals surface area contributed by atoms with Gasteiger partial charge >= 0.3 is 0 Å². The van der Waals surface area contributed by atoms with Crippen molar-refractivity contribution in [2.75, 3.05) is 6.54 Å². The highest BCUT2D eigenvalue weighted by atomic mass is 15.2. The van der Waals surface area contributed by atoms with Gasteiger partial charge in [0.05, 0.1) is 6.07 Å². The number of rotatable bonds is 3. The van der Waals surface area contributed by atoms with Gasteiger partial charge in [-0.1, -0.05) is 19.8 Å². The van der Waals surface area contributed by atoms with Gasteiger partial charge in [-0.25, -0.2) is 0 Å². The molecule has 2 aliphatic rings. The molecule has 2 rings (SSSR count). The van der Waals surface area contributed by atoms with Crippen LogP contribution in [0.25, 0.3) is 0 Å². The predicted molar refractivity (Wildman–Crippen MR) is 99.5 cm³/mol. The van der Waals surface area contributed by atoms with Crippen LogP contribution in [-0.4, -0.2) is 34.1 Å². The molecule has 0 amide bonds. The molecule has 0 aromatic carbocycles. The average molecular weight is 322 g/mol. The first kappa shape index (κ1) is 20.5. The summed E-state index contributed by atoms with van der Waals surface area (Å²) in [6.07, 6.45) is 8.95. The zero-order chi connectivity index (χ0) is 17.7. The van der Waals surface area contributed by atoms with Gasteiger partial charge in [0, 0.05) is 17.1 Å². The van der Waals surface area contributed by atoms with Crippen LogP contribution in [0.1, 0.15) is 93.4 Å². The molecule has 2 fully saturated rings. The number of nitrogens with zero attached hydrogens (tertiary/aromatic N) is 2. The third-order valence-electron chi connectivity index (χ3n) is 5.00. The molecule has 0 aromatic heterocycles. The minimum atomic E-state index is -0.196. The fourth-order valence-corrected chi connectivity index (χ4v) is 4.01. The minimum absolute atomic E-state index is 0.0656. The summed E-state index contributed by atoms with van der Waals surface area (Å²) in [5.41, 5.74) is 0.234. The van der Waals surface area contributed by atoms with Gasteiger partial charge in [-0.05, 0) is 80.2 Å². The molecule has 0 aliphatic heterocycles. The summed E-state index contributed by atoms with van der Waals surface area (Å²) in [6.45, 7) is 16.8. The summed E-state index contributed by atoms with van der Waals surface area (Å²) in [7, 11) is 0. The predicted octanol–water partition coefficient (Wildman–Crippen LogP) is 4.87. The van der Waals surface area contributed by atoms with Crippen LogP contribution >= 0.6 is 0 Å². The third kappa shape index (κ3) is 6.43. The Balaban J connectivity index is 0.000000231. The molecular formula is C20H39N3. The fraction of sp³-hybridized carbons (Fsp3) is 0.950. The van der Waals surface area contributed by atoms with Gasteiger partial charge < -0.3 is 0 Å². The van der Waals surface area contributed by atoms with Gasteiger partial charge in [0.25, 0.3) is 0 Å². The molecule has 23 heavy (non-hydrogen) atoms. The first-order valence-corrected chi connectivity index (χ1v) is 9.50. The number of nitriles is 1. The van der Waals surface area contributed by atoms with E-state index in [1.165, 1.54) is 38.6 Å². The number of nitrogens with one attached hydrogen (secondary N) is 1. The van der Waals surface area contributed by atoms with E-state index in [1.54, 1.807) is 0 Å². The van der Waals surface area contributed by atoms with Crippen molar-refractivity contribution in [1.29, 1.82) is 5.26 Å². The normalized spacial score (nSPS) is 21.3. The topological polar surface area (TPSA) is 39.1 Å². The van der Waals surface area contributed by atoms with E-state index < -0.39 is 0 Å². The lowest BCUT2D eigenvalue weighted by Gasteiger charge is -2.41. The minimum Gasteiger partial charge on any atom is -0.296 e. The molecule has 134 valence electrons. The fourth-order valence-electron chi connectivity index (χ4n) is 4.01. The largest absolute Gasteiger partial charge is 0.296 e. The Morgan fingerprint density at radius 2 is 1.57 bits per heavy atom. The van der Waals surface area contributed by atoms with Crippen molar-refractivity contribution in [3.8, 4) is 6.07 Å². The van der Waals surface area contributed by atoms with Crippen molar-refractivity contribution < 1.29 is 0 Å². The smallest absolute Gasteiger partial charge is 0.107 e. The summed E-state index contributed by atoms with van der Waals surface area (Å²) in [4.78, 5) is 2.65. The zero-order valence-corrected chi connectivity index (χ0v) is 16.6. The second kappa shape index (κ2) is 7.99. The molecular weight excluding hydrogens is 282 g/mol. The molecule has 0 aromatic rings. The maximum Gasteiger partial charge on any atom is 0.107 e. The summed E-state index contributed by atoms with van der Waals surface area (Å²) in [5, 5.41) is 12.2. The molecule has 0 atom stereocenters. The van der Waals surface area contributed by atoms with Crippen LogP contribution in [0.3, 0.4) is 0 Å². The van der Waals surface area contributed by atoms with Crippen LogP contribution in [0.4, 0.5) is 0 Å². The van der Waals surface area contributed by atoms with Gasteiger partial charge in [0.2, 0.25) is 0 Å². The van der Waals surface area contributed by atoms with Crippen LogP contribution in [0, 0.1) is 11.3 Å². The van der Waals surface area contributed by atoms with Gasteiger partial charge in [-0.15, -0.1) is 0 Å². The van der Waals surface area contributed by atoms with Crippen LogP contribution in [0.15, 0.2) is 0 Å². The molecule has 0 heterocycles. The molecule has 2 aliphatic carbocycles. The molecule has 0 saturated heterocycles. The van der Waals surface area contributed by atoms with Crippen molar-refractivity contribution in [2.45, 2.75) is 116 Å². The standard InChI is InChI=1S/C11H23N.C9H16N2/c1-5-12(11(2,3)4)10-8-6-7-9-10;1-8(2,3)11-9(7-10)5-4-6-9/h10H,5-9H2,1-4H3;11H,4-6H2,1-3H3. The van der Waals surface area contributed by atoms with E-state index in [9.17, 15) is 0 Å². The molecule has 1 N–H and O–H groups in total. The van der Waals surface area contributed by atoms with Gasteiger partial charge in [-0.2, -0.15) is 5.26 Å². The van der Waals surface area contributed by atoms with Crippen molar-refractivity contribution in [3.63, 3.8) is 0 Å². The first-order chi connectivity index (χ1) is 10.5. The van der Waals surface area contributed by atoms with Crippen LogP contribution in [0.2, 0.25) is 0 Å². The van der Waals surface area contributed by atoms with Gasteiger partial charge in [0.1, 0.15) is 5.54 Å². The van der Waals surface area contributed by atoms with Gasteiger partial charge in [-0.3, -0.25) is 10.2 Å². The lowest BCUT2D eigenvalue weighted by Crippen LogP contribution is -2.57. The summed E-state index contributed by atoms with van der Waals surface area (Å²) in [5.74, 6) is 0. The SMILES string of the molecule is CC(C)(C)NC1(C#N)CCC1.CCN(C1CCCC1)C(C)(C)C. The molecule has 3 nitrogen and oxygen atoms in total. The van der Waals surface area contributed by atoms with Crippen LogP contribution < -0.4 is 5.32 Å². The van der Waals surface area contributed by atoms with E-state index in [0.29, 0.717) is 5.54 Å². The lowest BCUT2D eigenvalue weighted by molar-refractivity contribution is 0.0914. The molecule has 3 heteroatoms. The Labute approximate surface area is 144 Å². The van der Waals surface area contributed by atoms with Crippen molar-refractivity contribution in [3.05, 3.63) is 0 Å². The molecule has 0 bridgehead atoms. The van der Waals surface area contributed by atoms with E-state index in [4.69, 9.17) is 5.26 Å². The second-order valence-electron chi connectivity index (χ2n) is 9.32. The van der Waals surface area contributed by atoms with E-state index in [2.05, 4.69) is 64.8 Å². The Morgan fingerprint density at radius 3 is 1.78 bits per heavy atom. The van der Waals surface area contributed by atoms with E-state index in [1.807, 2.05) is 0 Å². The van der Waals surface area contributed by atoms with Crippen molar-refractivity contribution >= 4 is 0 Å². The summed E-state index contributed by atoms with van der Waals surface area (Å²) < 4.78 is 0. The van der Waals surface area contributed by atoms with Crippen LogP contribution in [0.5, 0.6) is 0 Å². The third-order valence-corrected chi connectivity index (χ3v) is 5.00. The Morgan fingerprint density at radius 1 is 1.04 bits per heavy atom. The van der Waals surface area contributed by atoms with Crippen LogP contribution in [-0.2, 0) is 0 Å². The maximum atomic E-state index is 8.89. The average Bonchev–Trinajstić information content (AvgIpc) is 2.86. The van der Waals surface area contributed by atoms with Gasteiger partial charge in [0.15, 0.2) is 0 Å². The van der Waals surface area contributed by atoms with E-state index in [-0.39, 0.29) is 11.1 Å². The molecule has 0 unspecified atom stereocenters. The highest BCUT2D eigenvalue weighted by Gasteiger charge is 2.39. The van der Waals surface area contributed by atoms with Crippen molar-refractivity contribution in [1.82, 2.24) is 10.2 Å². The maximum absolute atomic E-state index is 8.89. The monoisotopic (exact) mass is 321 g/mol. The summed E-state index contributed by atoms with van der Waals surface area (Å²) in [6, 6.07) is 3.23. The molecule has 2 saturated carbocycles. The number of hydrogen-bond acceptors (Lipinski definition) is 3. The molecule has 0 radical (unpaired) electrons. The highest BCUT2D eigenvalue weighted by Crippen LogP contribution is 2.32. The van der Waals surface area contributed by atoms with E-state index >= 15 is 0 Å². The second-order valence-corrected chi connectivity index (χ2v) is 9.32. The Kier molecular flexibility index (Phi) is 7.11. The van der Waals surface area contributed by atoms with Crippen molar-refractivity contribution in [2.24, 2.45) is 0 Å². The Hall–Kier alpha value is -0.590. The quantitative estimate of drug-likeness (QED) is 0.806. The lowest BCUT2D eigenvalue weighted by atomic mass is 9.76.